The van der Waals surface area contributed by atoms with Gasteiger partial charge < -0.3 is 24.6 Å². The van der Waals surface area contributed by atoms with Gasteiger partial charge in [-0.1, -0.05) is 6.07 Å². The highest BCUT2D eigenvalue weighted by atomic mass is 16.5. The van der Waals surface area contributed by atoms with Gasteiger partial charge in [0.2, 0.25) is 11.8 Å². The van der Waals surface area contributed by atoms with Crippen LogP contribution in [-0.4, -0.2) is 51.6 Å². The molecule has 1 N–H and O–H groups in total. The zero-order valence-corrected chi connectivity index (χ0v) is 18.3. The third kappa shape index (κ3) is 4.39. The first-order valence-electron chi connectivity index (χ1n) is 10.7. The Bertz CT molecular complexity index is 1030. The van der Waals surface area contributed by atoms with Crippen molar-refractivity contribution >= 4 is 34.8 Å². The molecule has 0 radical (unpaired) electrons. The summed E-state index contributed by atoms with van der Waals surface area (Å²) in [4.78, 5) is 41.6. The summed E-state index contributed by atoms with van der Waals surface area (Å²) < 4.78 is 10.1. The number of ether oxygens (including phenoxy) is 2. The second-order valence-corrected chi connectivity index (χ2v) is 8.01. The van der Waals surface area contributed by atoms with E-state index in [0.717, 1.165) is 31.6 Å². The number of carbonyl (C=O) groups is 3. The highest BCUT2D eigenvalue weighted by Gasteiger charge is 2.35. The van der Waals surface area contributed by atoms with Gasteiger partial charge in [0.1, 0.15) is 5.75 Å². The molecule has 8 nitrogen and oxygen atoms in total. The van der Waals surface area contributed by atoms with Crippen LogP contribution in [0.4, 0.5) is 17.1 Å². The lowest BCUT2D eigenvalue weighted by Gasteiger charge is -2.23. The van der Waals surface area contributed by atoms with Crippen LogP contribution in [0.25, 0.3) is 0 Å². The van der Waals surface area contributed by atoms with Crippen LogP contribution in [0.2, 0.25) is 0 Å². The van der Waals surface area contributed by atoms with Gasteiger partial charge in [-0.05, 0) is 43.2 Å². The van der Waals surface area contributed by atoms with Crippen LogP contribution >= 0.6 is 0 Å². The second-order valence-electron chi connectivity index (χ2n) is 8.01. The molecule has 2 saturated heterocycles. The first kappa shape index (κ1) is 21.7. The Balaban J connectivity index is 1.54. The minimum Gasteiger partial charge on any atom is -0.497 e. The lowest BCUT2D eigenvalue weighted by molar-refractivity contribution is -0.122. The molecule has 2 aliphatic heterocycles. The Labute approximate surface area is 187 Å². The smallest absolute Gasteiger partial charge is 0.337 e. The Morgan fingerprint density at radius 2 is 1.84 bits per heavy atom. The van der Waals surface area contributed by atoms with Crippen LogP contribution < -0.4 is 19.9 Å². The average molecular weight is 437 g/mol. The number of methoxy groups -OCH3 is 2. The van der Waals surface area contributed by atoms with Gasteiger partial charge in [0.15, 0.2) is 0 Å². The first-order valence-corrected chi connectivity index (χ1v) is 10.7. The molecule has 32 heavy (non-hydrogen) atoms. The zero-order valence-electron chi connectivity index (χ0n) is 18.3. The fourth-order valence-electron chi connectivity index (χ4n) is 4.26. The molecule has 168 valence electrons. The number of anilines is 3. The van der Waals surface area contributed by atoms with E-state index in [1.807, 2.05) is 24.3 Å². The van der Waals surface area contributed by atoms with E-state index in [1.54, 1.807) is 30.2 Å². The van der Waals surface area contributed by atoms with Crippen molar-refractivity contribution in [2.24, 2.45) is 5.92 Å². The molecule has 2 aromatic carbocycles. The topological polar surface area (TPSA) is 88.2 Å². The number of benzene rings is 2. The van der Waals surface area contributed by atoms with Crippen LogP contribution in [0, 0.1) is 5.92 Å². The lowest BCUT2D eigenvalue weighted by atomic mass is 10.1. The number of hydrogen-bond donors (Lipinski definition) is 1. The fraction of sp³-hybridized carbons (Fsp3) is 0.375. The average Bonchev–Trinajstić information content (AvgIpc) is 3.48. The Morgan fingerprint density at radius 1 is 1.06 bits per heavy atom. The van der Waals surface area contributed by atoms with Gasteiger partial charge in [-0.25, -0.2) is 4.79 Å². The molecule has 0 aliphatic carbocycles. The largest absolute Gasteiger partial charge is 0.497 e. The molecule has 0 bridgehead atoms. The molecule has 1 atom stereocenters. The molecular weight excluding hydrogens is 410 g/mol. The minimum atomic E-state index is -0.498. The van der Waals surface area contributed by atoms with Crippen molar-refractivity contribution in [2.75, 3.05) is 49.0 Å². The lowest BCUT2D eigenvalue weighted by Crippen LogP contribution is -2.29. The molecule has 0 aromatic heterocycles. The molecule has 0 spiro atoms. The first-order chi connectivity index (χ1) is 15.5. The van der Waals surface area contributed by atoms with E-state index in [2.05, 4.69) is 10.2 Å². The van der Waals surface area contributed by atoms with E-state index in [1.165, 1.54) is 7.11 Å². The molecule has 2 aliphatic rings. The van der Waals surface area contributed by atoms with Gasteiger partial charge in [-0.2, -0.15) is 0 Å². The maximum atomic E-state index is 13.1. The van der Waals surface area contributed by atoms with Gasteiger partial charge in [0, 0.05) is 37.8 Å². The molecule has 2 aromatic rings. The predicted molar refractivity (Wildman–Crippen MR) is 121 cm³/mol. The van der Waals surface area contributed by atoms with E-state index in [9.17, 15) is 14.4 Å². The van der Waals surface area contributed by atoms with Crippen molar-refractivity contribution in [1.29, 1.82) is 0 Å². The van der Waals surface area contributed by atoms with Gasteiger partial charge in [0.05, 0.1) is 37.1 Å². The van der Waals surface area contributed by atoms with Gasteiger partial charge in [0.25, 0.3) is 0 Å². The van der Waals surface area contributed by atoms with E-state index < -0.39 is 11.9 Å². The van der Waals surface area contributed by atoms with Gasteiger partial charge >= 0.3 is 5.97 Å². The monoisotopic (exact) mass is 437 g/mol. The molecule has 4 rings (SSSR count). The van der Waals surface area contributed by atoms with Crippen molar-refractivity contribution < 1.29 is 23.9 Å². The third-order valence-electron chi connectivity index (χ3n) is 5.98. The molecule has 8 heteroatoms. The quantitative estimate of drug-likeness (QED) is 0.699. The Kier molecular flexibility index (Phi) is 6.30. The summed E-state index contributed by atoms with van der Waals surface area (Å²) in [5.41, 5.74) is 2.51. The minimum absolute atomic E-state index is 0.110. The van der Waals surface area contributed by atoms with E-state index >= 15 is 0 Å². The summed E-state index contributed by atoms with van der Waals surface area (Å²) in [5.74, 6) is -0.665. The summed E-state index contributed by atoms with van der Waals surface area (Å²) in [5, 5.41) is 2.97. The van der Waals surface area contributed by atoms with Crippen molar-refractivity contribution in [3.05, 3.63) is 48.0 Å². The number of nitrogens with one attached hydrogen (secondary N) is 1. The second kappa shape index (κ2) is 9.30. The highest BCUT2D eigenvalue weighted by molar-refractivity contribution is 6.05. The fourth-order valence-corrected chi connectivity index (χ4v) is 4.26. The van der Waals surface area contributed by atoms with Crippen LogP contribution in [0.3, 0.4) is 0 Å². The summed E-state index contributed by atoms with van der Waals surface area (Å²) >= 11 is 0. The van der Waals surface area contributed by atoms with Crippen molar-refractivity contribution in [3.8, 4) is 5.75 Å². The summed E-state index contributed by atoms with van der Waals surface area (Å²) in [6, 6.07) is 12.4. The van der Waals surface area contributed by atoms with Crippen molar-refractivity contribution in [3.63, 3.8) is 0 Å². The van der Waals surface area contributed by atoms with Gasteiger partial charge in [-0.3, -0.25) is 9.59 Å². The normalized spacial score (nSPS) is 18.1. The molecule has 0 saturated carbocycles. The number of carbonyl (C=O) groups excluding carboxylic acids is 3. The van der Waals surface area contributed by atoms with E-state index in [0.29, 0.717) is 22.7 Å². The van der Waals surface area contributed by atoms with E-state index in [4.69, 9.17) is 9.47 Å². The van der Waals surface area contributed by atoms with Crippen LogP contribution in [-0.2, 0) is 14.3 Å². The van der Waals surface area contributed by atoms with Gasteiger partial charge in [-0.15, -0.1) is 0 Å². The summed E-state index contributed by atoms with van der Waals surface area (Å²) in [6.07, 6.45) is 2.29. The standard InChI is InChI=1S/C24H27N3O5/c1-31-19-7-5-6-18(14-19)27-15-17(13-22(27)28)23(29)25-20-12-16(24(30)32-2)8-9-21(20)26-10-3-4-11-26/h5-9,12,14,17H,3-4,10-11,13,15H2,1-2H3,(H,25,29). The van der Waals surface area contributed by atoms with Crippen molar-refractivity contribution in [1.82, 2.24) is 0 Å². The summed E-state index contributed by atoms with van der Waals surface area (Å²) in [6.45, 7) is 2.07. The van der Waals surface area contributed by atoms with Crippen molar-refractivity contribution in [2.45, 2.75) is 19.3 Å². The molecular formula is C24H27N3O5. The number of hydrogen-bond acceptors (Lipinski definition) is 6. The SMILES string of the molecule is COC(=O)c1ccc(N2CCCC2)c(NC(=O)C2CC(=O)N(c3cccc(OC)c3)C2)c1. The van der Waals surface area contributed by atoms with Crippen LogP contribution in [0.1, 0.15) is 29.6 Å². The highest BCUT2D eigenvalue weighted by Crippen LogP contribution is 2.33. The number of nitrogens with zero attached hydrogens (tertiary/aromatic N) is 2. The number of amides is 2. The van der Waals surface area contributed by atoms with Crippen LogP contribution in [0.5, 0.6) is 5.75 Å². The predicted octanol–water partition coefficient (Wildman–Crippen LogP) is 3.07. The number of esters is 1. The third-order valence-corrected chi connectivity index (χ3v) is 5.98. The van der Waals surface area contributed by atoms with Crippen LogP contribution in [0.15, 0.2) is 42.5 Å². The molecule has 2 amide bonds. The number of rotatable bonds is 6. The Morgan fingerprint density at radius 3 is 2.56 bits per heavy atom. The maximum Gasteiger partial charge on any atom is 0.337 e. The summed E-state index contributed by atoms with van der Waals surface area (Å²) in [7, 11) is 2.90. The maximum absolute atomic E-state index is 13.1. The zero-order chi connectivity index (χ0) is 22.7. The molecule has 2 heterocycles. The van der Waals surface area contributed by atoms with E-state index in [-0.39, 0.29) is 24.8 Å². The molecule has 1 unspecified atom stereocenters. The Hall–Kier alpha value is -3.55. The molecule has 2 fully saturated rings.